The highest BCUT2D eigenvalue weighted by atomic mass is 16.6. The van der Waals surface area contributed by atoms with Crippen LogP contribution in [-0.2, 0) is 16.0 Å². The lowest BCUT2D eigenvalue weighted by atomic mass is 9.94. The highest BCUT2D eigenvalue weighted by molar-refractivity contribution is 6.14. The number of nitro groups is 1. The van der Waals surface area contributed by atoms with Gasteiger partial charge in [-0.3, -0.25) is 19.7 Å². The van der Waals surface area contributed by atoms with Gasteiger partial charge in [0.15, 0.2) is 23.0 Å². The zero-order valence-corrected chi connectivity index (χ0v) is 20.9. The van der Waals surface area contributed by atoms with Crippen LogP contribution in [0.25, 0.3) is 6.08 Å². The van der Waals surface area contributed by atoms with E-state index in [0.717, 1.165) is 11.1 Å². The van der Waals surface area contributed by atoms with Crippen LogP contribution in [-0.4, -0.2) is 47.4 Å². The van der Waals surface area contributed by atoms with Crippen LogP contribution in [0.2, 0.25) is 0 Å². The summed E-state index contributed by atoms with van der Waals surface area (Å²) in [4.78, 5) is 39.1. The van der Waals surface area contributed by atoms with Gasteiger partial charge in [-0.15, -0.1) is 0 Å². The normalized spacial score (nSPS) is 15.3. The SMILES string of the molecule is COc1ccc(CCN2C(=O)C(O)=C(C(=O)/C=C/c3ccccc3)[C@H]2c2ccccc2[N+](=O)[O-])cc1OC. The molecule has 4 rings (SSSR count). The Labute approximate surface area is 219 Å². The van der Waals surface area contributed by atoms with Crippen LogP contribution in [0.4, 0.5) is 5.69 Å². The van der Waals surface area contributed by atoms with Crippen molar-refractivity contribution in [1.82, 2.24) is 4.90 Å². The zero-order chi connectivity index (χ0) is 27.2. The van der Waals surface area contributed by atoms with E-state index < -0.39 is 28.4 Å². The van der Waals surface area contributed by atoms with E-state index in [1.54, 1.807) is 36.4 Å². The molecule has 3 aromatic carbocycles. The molecule has 0 saturated carbocycles. The van der Waals surface area contributed by atoms with Crippen molar-refractivity contribution < 1.29 is 29.1 Å². The van der Waals surface area contributed by atoms with Gasteiger partial charge in [0.1, 0.15) is 0 Å². The van der Waals surface area contributed by atoms with Crippen molar-refractivity contribution >= 4 is 23.5 Å². The van der Waals surface area contributed by atoms with Gasteiger partial charge in [-0.2, -0.15) is 0 Å². The van der Waals surface area contributed by atoms with Gasteiger partial charge in [-0.25, -0.2) is 0 Å². The van der Waals surface area contributed by atoms with E-state index in [1.807, 2.05) is 24.3 Å². The molecule has 38 heavy (non-hydrogen) atoms. The summed E-state index contributed by atoms with van der Waals surface area (Å²) in [5, 5.41) is 22.7. The number of amides is 1. The summed E-state index contributed by atoms with van der Waals surface area (Å²) in [6.45, 7) is 0.0777. The van der Waals surface area contributed by atoms with Crippen molar-refractivity contribution in [3.8, 4) is 11.5 Å². The number of methoxy groups -OCH3 is 2. The number of nitro benzene ring substituents is 1. The molecule has 9 nitrogen and oxygen atoms in total. The molecule has 3 aromatic rings. The molecule has 1 atom stereocenters. The standard InChI is InChI=1S/C29H26N2O7/c1-37-24-15-13-20(18-25(24)38-2)16-17-30-27(21-10-6-7-11-22(21)31(35)36)26(28(33)29(30)34)23(32)14-12-19-8-4-3-5-9-19/h3-15,18,27,33H,16-17H2,1-2H3/b14-12+/t27-/m1/s1. The molecule has 0 saturated heterocycles. The molecule has 194 valence electrons. The van der Waals surface area contributed by atoms with Crippen LogP contribution >= 0.6 is 0 Å². The molecule has 0 fully saturated rings. The number of allylic oxidation sites excluding steroid dienone is 1. The van der Waals surface area contributed by atoms with E-state index in [4.69, 9.17) is 9.47 Å². The molecule has 1 N–H and O–H groups in total. The average molecular weight is 515 g/mol. The highest BCUT2D eigenvalue weighted by Crippen LogP contribution is 2.41. The number of nitrogens with zero attached hydrogens (tertiary/aromatic N) is 2. The lowest BCUT2D eigenvalue weighted by Crippen LogP contribution is -2.33. The summed E-state index contributed by atoms with van der Waals surface area (Å²) < 4.78 is 10.6. The Morgan fingerprint density at radius 2 is 1.71 bits per heavy atom. The Morgan fingerprint density at radius 1 is 1.03 bits per heavy atom. The van der Waals surface area contributed by atoms with Crippen LogP contribution in [0, 0.1) is 10.1 Å². The number of ketones is 1. The number of benzene rings is 3. The minimum absolute atomic E-state index is 0.0777. The van der Waals surface area contributed by atoms with Gasteiger partial charge in [-0.1, -0.05) is 54.6 Å². The van der Waals surface area contributed by atoms with Gasteiger partial charge in [0.05, 0.1) is 36.3 Å². The topological polar surface area (TPSA) is 119 Å². The second kappa shape index (κ2) is 11.4. The molecule has 0 spiro atoms. The van der Waals surface area contributed by atoms with Crippen LogP contribution < -0.4 is 9.47 Å². The average Bonchev–Trinajstić information content (AvgIpc) is 3.20. The third kappa shape index (κ3) is 5.27. The lowest BCUT2D eigenvalue weighted by Gasteiger charge is -2.26. The van der Waals surface area contributed by atoms with Gasteiger partial charge in [-0.05, 0) is 41.8 Å². The van der Waals surface area contributed by atoms with Crippen LogP contribution in [0.1, 0.15) is 22.7 Å². The first-order valence-electron chi connectivity index (χ1n) is 11.8. The van der Waals surface area contributed by atoms with E-state index in [2.05, 4.69) is 0 Å². The Kier molecular flexibility index (Phi) is 7.86. The Balaban J connectivity index is 1.71. The van der Waals surface area contributed by atoms with Crippen LogP contribution in [0.15, 0.2) is 90.2 Å². The number of aliphatic hydroxyl groups excluding tert-OH is 1. The minimum atomic E-state index is -1.14. The number of ether oxygens (including phenoxy) is 2. The van der Waals surface area contributed by atoms with E-state index in [9.17, 15) is 24.8 Å². The highest BCUT2D eigenvalue weighted by Gasteiger charge is 2.45. The van der Waals surface area contributed by atoms with Crippen LogP contribution in [0.5, 0.6) is 11.5 Å². The molecule has 0 bridgehead atoms. The summed E-state index contributed by atoms with van der Waals surface area (Å²) in [7, 11) is 3.04. The summed E-state index contributed by atoms with van der Waals surface area (Å²) >= 11 is 0. The van der Waals surface area contributed by atoms with E-state index >= 15 is 0 Å². The summed E-state index contributed by atoms with van der Waals surface area (Å²) in [5.41, 5.74) is 1.23. The zero-order valence-electron chi connectivity index (χ0n) is 20.9. The minimum Gasteiger partial charge on any atom is -0.503 e. The third-order valence-corrected chi connectivity index (χ3v) is 6.31. The Hall–Kier alpha value is -4.92. The molecule has 0 unspecified atom stereocenters. The molecule has 0 aliphatic carbocycles. The molecule has 0 radical (unpaired) electrons. The smallest absolute Gasteiger partial charge is 0.290 e. The third-order valence-electron chi connectivity index (χ3n) is 6.31. The van der Waals surface area contributed by atoms with Gasteiger partial charge < -0.3 is 19.5 Å². The molecule has 1 amide bonds. The number of carbonyl (C=O) groups is 2. The van der Waals surface area contributed by atoms with Crippen molar-refractivity contribution in [1.29, 1.82) is 0 Å². The molecule has 1 aliphatic heterocycles. The number of hydrogen-bond donors (Lipinski definition) is 1. The van der Waals surface area contributed by atoms with Crippen molar-refractivity contribution in [2.45, 2.75) is 12.5 Å². The second-order valence-electron chi connectivity index (χ2n) is 8.53. The Bertz CT molecular complexity index is 1430. The molecule has 1 aliphatic rings. The van der Waals surface area contributed by atoms with Crippen molar-refractivity contribution in [2.24, 2.45) is 0 Å². The largest absolute Gasteiger partial charge is 0.503 e. The van der Waals surface area contributed by atoms with Gasteiger partial charge in [0, 0.05) is 12.6 Å². The monoisotopic (exact) mass is 514 g/mol. The van der Waals surface area contributed by atoms with Gasteiger partial charge in [0.25, 0.3) is 11.6 Å². The van der Waals surface area contributed by atoms with Gasteiger partial charge >= 0.3 is 0 Å². The van der Waals surface area contributed by atoms with E-state index in [0.29, 0.717) is 17.9 Å². The van der Waals surface area contributed by atoms with E-state index in [-0.39, 0.29) is 23.4 Å². The predicted octanol–water partition coefficient (Wildman–Crippen LogP) is 4.83. The first kappa shape index (κ1) is 26.2. The molecule has 1 heterocycles. The Morgan fingerprint density at radius 3 is 2.39 bits per heavy atom. The van der Waals surface area contributed by atoms with Gasteiger partial charge in [0.2, 0.25) is 0 Å². The van der Waals surface area contributed by atoms with Crippen LogP contribution in [0.3, 0.4) is 0 Å². The summed E-state index contributed by atoms with van der Waals surface area (Å²) in [6, 6.07) is 19.1. The molecule has 9 heteroatoms. The molecular weight excluding hydrogens is 488 g/mol. The molecule has 0 aromatic heterocycles. The summed E-state index contributed by atoms with van der Waals surface area (Å²) in [6.07, 6.45) is 3.15. The number of para-hydroxylation sites is 1. The number of aliphatic hydroxyl groups is 1. The number of carbonyl (C=O) groups excluding carboxylic acids is 2. The lowest BCUT2D eigenvalue weighted by molar-refractivity contribution is -0.385. The number of hydrogen-bond acceptors (Lipinski definition) is 7. The fraction of sp³-hybridized carbons (Fsp3) is 0.172. The molecular formula is C29H26N2O7. The van der Waals surface area contributed by atoms with E-state index in [1.165, 1.54) is 43.4 Å². The predicted molar refractivity (Wildman–Crippen MR) is 141 cm³/mol. The van der Waals surface area contributed by atoms with Crippen molar-refractivity contribution in [3.05, 3.63) is 117 Å². The quantitative estimate of drug-likeness (QED) is 0.234. The maximum atomic E-state index is 13.3. The fourth-order valence-electron chi connectivity index (χ4n) is 4.46. The second-order valence-corrected chi connectivity index (χ2v) is 8.53. The number of rotatable bonds is 10. The van der Waals surface area contributed by atoms with Crippen molar-refractivity contribution in [3.63, 3.8) is 0 Å². The first-order chi connectivity index (χ1) is 18.3. The summed E-state index contributed by atoms with van der Waals surface area (Å²) in [5.74, 6) is -1.05. The van der Waals surface area contributed by atoms with Crippen molar-refractivity contribution in [2.75, 3.05) is 20.8 Å². The fourth-order valence-corrected chi connectivity index (χ4v) is 4.46. The first-order valence-corrected chi connectivity index (χ1v) is 11.8. The maximum Gasteiger partial charge on any atom is 0.290 e. The maximum absolute atomic E-state index is 13.3.